The van der Waals surface area contributed by atoms with Gasteiger partial charge in [0.2, 0.25) is 0 Å². The summed E-state index contributed by atoms with van der Waals surface area (Å²) in [6, 6.07) is 58.9. The fourth-order valence-corrected chi connectivity index (χ4v) is 7.45. The van der Waals surface area contributed by atoms with Crippen molar-refractivity contribution in [2.75, 3.05) is 0 Å². The maximum Gasteiger partial charge on any atom is 0.180 e. The van der Waals surface area contributed by atoms with Gasteiger partial charge in [-0.2, -0.15) is 0 Å². The molecular formula is C49H29N5O2. The molecule has 11 rings (SSSR count). The first-order chi connectivity index (χ1) is 27.7. The predicted molar refractivity (Wildman–Crippen MR) is 223 cm³/mol. The number of nitrogens with zero attached hydrogens (tertiary/aromatic N) is 5. The van der Waals surface area contributed by atoms with E-state index in [2.05, 4.69) is 42.5 Å². The third-order valence-corrected chi connectivity index (χ3v) is 10.2. The Morgan fingerprint density at radius 3 is 1.52 bits per heavy atom. The van der Waals surface area contributed by atoms with Crippen molar-refractivity contribution in [3.8, 4) is 67.9 Å². The van der Waals surface area contributed by atoms with Crippen molar-refractivity contribution >= 4 is 44.0 Å². The van der Waals surface area contributed by atoms with Crippen LogP contribution >= 0.6 is 0 Å². The first-order valence-corrected chi connectivity index (χ1v) is 18.4. The molecule has 262 valence electrons. The molecule has 0 amide bonds. The van der Waals surface area contributed by atoms with Crippen LogP contribution in [0.1, 0.15) is 0 Å². The minimum Gasteiger partial charge on any atom is -0.456 e. The molecule has 0 saturated heterocycles. The van der Waals surface area contributed by atoms with Crippen molar-refractivity contribution in [3.05, 3.63) is 176 Å². The van der Waals surface area contributed by atoms with Crippen molar-refractivity contribution in [3.63, 3.8) is 0 Å². The first-order valence-electron chi connectivity index (χ1n) is 18.4. The van der Waals surface area contributed by atoms with Gasteiger partial charge in [0, 0.05) is 44.0 Å². The minimum absolute atomic E-state index is 0.578. The summed E-state index contributed by atoms with van der Waals surface area (Å²) in [6.45, 7) is 0. The van der Waals surface area contributed by atoms with E-state index in [1.807, 2.05) is 133 Å². The van der Waals surface area contributed by atoms with Crippen LogP contribution in [0.5, 0.6) is 0 Å². The van der Waals surface area contributed by atoms with Crippen LogP contribution in [0.25, 0.3) is 112 Å². The van der Waals surface area contributed by atoms with Gasteiger partial charge in [-0.05, 0) is 41.5 Å². The Morgan fingerprint density at radius 1 is 0.321 bits per heavy atom. The molecule has 7 nitrogen and oxygen atoms in total. The van der Waals surface area contributed by atoms with Crippen molar-refractivity contribution < 1.29 is 8.83 Å². The normalized spacial score (nSPS) is 11.6. The van der Waals surface area contributed by atoms with Crippen molar-refractivity contribution in [1.82, 2.24) is 24.9 Å². The fourth-order valence-electron chi connectivity index (χ4n) is 7.45. The van der Waals surface area contributed by atoms with E-state index >= 15 is 0 Å². The van der Waals surface area contributed by atoms with E-state index in [0.29, 0.717) is 28.9 Å². The number of hydrogen-bond acceptors (Lipinski definition) is 7. The van der Waals surface area contributed by atoms with E-state index in [4.69, 9.17) is 33.8 Å². The van der Waals surface area contributed by atoms with Gasteiger partial charge in [0.25, 0.3) is 0 Å². The molecule has 4 aromatic heterocycles. The molecule has 11 aromatic rings. The largest absolute Gasteiger partial charge is 0.456 e. The van der Waals surface area contributed by atoms with Gasteiger partial charge in [0.05, 0.1) is 0 Å². The summed E-state index contributed by atoms with van der Waals surface area (Å²) >= 11 is 0. The molecule has 0 atom stereocenters. The maximum absolute atomic E-state index is 6.53. The summed E-state index contributed by atoms with van der Waals surface area (Å²) in [6.07, 6.45) is 0. The first kappa shape index (κ1) is 31.7. The van der Waals surface area contributed by atoms with Gasteiger partial charge < -0.3 is 8.83 Å². The number of aromatic nitrogens is 5. The van der Waals surface area contributed by atoms with E-state index in [0.717, 1.165) is 83.1 Å². The number of furan rings is 2. The third-order valence-electron chi connectivity index (χ3n) is 10.2. The van der Waals surface area contributed by atoms with E-state index < -0.39 is 0 Å². The molecule has 0 aliphatic carbocycles. The molecule has 56 heavy (non-hydrogen) atoms. The molecule has 0 spiro atoms. The summed E-state index contributed by atoms with van der Waals surface area (Å²) in [5.74, 6) is 2.46. The SMILES string of the molecule is c1ccc(-c2nc(-c3ccccc3)nc(-c3ccc4c(c3)oc3cccc(-c5ccc(-c6nc(-c7ccccc7)nc7c6oc6ccccc67)cc5)c34)n2)cc1. The molecule has 0 fully saturated rings. The molecule has 0 aliphatic rings. The number of benzene rings is 7. The van der Waals surface area contributed by atoms with Crippen molar-refractivity contribution in [2.45, 2.75) is 0 Å². The van der Waals surface area contributed by atoms with Crippen LogP contribution in [0.3, 0.4) is 0 Å². The molecule has 0 radical (unpaired) electrons. The highest BCUT2D eigenvalue weighted by Gasteiger charge is 2.20. The fraction of sp³-hybridized carbons (Fsp3) is 0. The Labute approximate surface area is 320 Å². The molecule has 4 heterocycles. The Morgan fingerprint density at radius 2 is 0.857 bits per heavy atom. The van der Waals surface area contributed by atoms with Crippen LogP contribution in [0.2, 0.25) is 0 Å². The Kier molecular flexibility index (Phi) is 7.35. The molecule has 0 saturated carbocycles. The lowest BCUT2D eigenvalue weighted by molar-refractivity contribution is 0.667. The van der Waals surface area contributed by atoms with Crippen LogP contribution in [0, 0.1) is 0 Å². The Bertz CT molecular complexity index is 3170. The predicted octanol–water partition coefficient (Wildman–Crippen LogP) is 12.5. The zero-order chi connectivity index (χ0) is 37.0. The quantitative estimate of drug-likeness (QED) is 0.169. The second kappa shape index (κ2) is 13.0. The number of hydrogen-bond donors (Lipinski definition) is 0. The summed E-state index contributed by atoms with van der Waals surface area (Å²) in [5.41, 5.74) is 11.3. The maximum atomic E-state index is 6.53. The lowest BCUT2D eigenvalue weighted by Crippen LogP contribution is -2.00. The highest BCUT2D eigenvalue weighted by molar-refractivity contribution is 6.13. The van der Waals surface area contributed by atoms with E-state index in [1.165, 1.54) is 0 Å². The number of rotatable bonds is 6. The molecule has 0 bridgehead atoms. The zero-order valence-corrected chi connectivity index (χ0v) is 29.8. The molecule has 7 heteroatoms. The third kappa shape index (κ3) is 5.41. The molecular weight excluding hydrogens is 691 g/mol. The molecule has 0 unspecified atom stereocenters. The van der Waals surface area contributed by atoms with E-state index in [9.17, 15) is 0 Å². The number of para-hydroxylation sites is 1. The van der Waals surface area contributed by atoms with Gasteiger partial charge in [-0.3, -0.25) is 0 Å². The lowest BCUT2D eigenvalue weighted by Gasteiger charge is -2.09. The zero-order valence-electron chi connectivity index (χ0n) is 29.8. The molecule has 7 aromatic carbocycles. The van der Waals surface area contributed by atoms with Gasteiger partial charge in [0.1, 0.15) is 28.0 Å². The summed E-state index contributed by atoms with van der Waals surface area (Å²) in [4.78, 5) is 24.8. The van der Waals surface area contributed by atoms with Crippen LogP contribution in [0.4, 0.5) is 0 Å². The highest BCUT2D eigenvalue weighted by atomic mass is 16.3. The molecule has 0 N–H and O–H groups in total. The standard InChI is InChI=1S/C49H29N5O2/c1-4-13-32(14-5-1)46-50-43(45-44(51-46)38-19-10-11-21-39(38)56-45)31-25-23-30(24-26-31)36-20-12-22-40-42(36)37-28-27-35(29-41(37)55-40)49-53-47(33-15-6-2-7-16-33)52-48(54-49)34-17-8-3-9-18-34/h1-29H. The van der Waals surface area contributed by atoms with E-state index in [-0.39, 0.29) is 0 Å². The molecule has 0 aliphatic heterocycles. The monoisotopic (exact) mass is 719 g/mol. The average Bonchev–Trinajstić information content (AvgIpc) is 3.85. The minimum atomic E-state index is 0.578. The van der Waals surface area contributed by atoms with Crippen LogP contribution < -0.4 is 0 Å². The van der Waals surface area contributed by atoms with Gasteiger partial charge in [-0.25, -0.2) is 24.9 Å². The Hall–Kier alpha value is -7.77. The van der Waals surface area contributed by atoms with E-state index in [1.54, 1.807) is 0 Å². The van der Waals surface area contributed by atoms with Gasteiger partial charge in [-0.1, -0.05) is 146 Å². The topological polar surface area (TPSA) is 90.7 Å². The lowest BCUT2D eigenvalue weighted by atomic mass is 9.97. The van der Waals surface area contributed by atoms with Gasteiger partial charge in [0.15, 0.2) is 28.9 Å². The average molecular weight is 720 g/mol. The van der Waals surface area contributed by atoms with Crippen LogP contribution in [-0.2, 0) is 0 Å². The van der Waals surface area contributed by atoms with Crippen LogP contribution in [-0.4, -0.2) is 24.9 Å². The van der Waals surface area contributed by atoms with Crippen LogP contribution in [0.15, 0.2) is 185 Å². The number of fused-ring (bicyclic) bond motifs is 6. The summed E-state index contributed by atoms with van der Waals surface area (Å²) < 4.78 is 12.9. The van der Waals surface area contributed by atoms with Crippen molar-refractivity contribution in [2.24, 2.45) is 0 Å². The van der Waals surface area contributed by atoms with Gasteiger partial charge in [-0.15, -0.1) is 0 Å². The smallest absolute Gasteiger partial charge is 0.180 e. The summed E-state index contributed by atoms with van der Waals surface area (Å²) in [5, 5.41) is 3.02. The second-order valence-electron chi connectivity index (χ2n) is 13.6. The Balaban J connectivity index is 1.00. The summed E-state index contributed by atoms with van der Waals surface area (Å²) in [7, 11) is 0. The highest BCUT2D eigenvalue weighted by Crippen LogP contribution is 2.40. The second-order valence-corrected chi connectivity index (χ2v) is 13.6. The van der Waals surface area contributed by atoms with Gasteiger partial charge >= 0.3 is 0 Å². The van der Waals surface area contributed by atoms with Crippen molar-refractivity contribution in [1.29, 1.82) is 0 Å².